The topological polar surface area (TPSA) is 55.2 Å². The van der Waals surface area contributed by atoms with Crippen LogP contribution in [-0.2, 0) is 0 Å². The van der Waals surface area contributed by atoms with Crippen molar-refractivity contribution < 1.29 is 4.92 Å². The molecule has 1 aliphatic carbocycles. The number of nitro benzene ring substituents is 1. The zero-order valence-electron chi connectivity index (χ0n) is 11.1. The molecule has 1 saturated carbocycles. The van der Waals surface area contributed by atoms with Crippen LogP contribution in [-0.4, -0.2) is 11.0 Å². The Balaban J connectivity index is 1.97. The molecule has 0 saturated heterocycles. The minimum atomic E-state index is -0.375. The Kier molecular flexibility index (Phi) is 4.80. The number of rotatable bonds is 4. The van der Waals surface area contributed by atoms with Crippen LogP contribution in [0.5, 0.6) is 0 Å². The zero-order valence-corrected chi connectivity index (χ0v) is 12.6. The first-order valence-corrected chi connectivity index (χ1v) is 7.60. The summed E-state index contributed by atoms with van der Waals surface area (Å²) >= 11 is 3.25. The summed E-state index contributed by atoms with van der Waals surface area (Å²) in [7, 11) is 0. The molecule has 0 amide bonds. The number of hydrogen-bond acceptors (Lipinski definition) is 3. The summed E-state index contributed by atoms with van der Waals surface area (Å²) < 4.78 is 0.532. The second kappa shape index (κ2) is 6.37. The molecule has 0 heterocycles. The van der Waals surface area contributed by atoms with Crippen LogP contribution >= 0.6 is 15.9 Å². The molecule has 0 bridgehead atoms. The van der Waals surface area contributed by atoms with Gasteiger partial charge < -0.3 is 5.32 Å². The summed E-state index contributed by atoms with van der Waals surface area (Å²) in [5.74, 6) is 0.877. The van der Waals surface area contributed by atoms with Crippen LogP contribution in [0.1, 0.15) is 39.0 Å². The van der Waals surface area contributed by atoms with E-state index in [0.717, 1.165) is 11.6 Å². The maximum Gasteiger partial charge on any atom is 0.283 e. The highest BCUT2D eigenvalue weighted by atomic mass is 79.9. The summed E-state index contributed by atoms with van der Waals surface area (Å²) in [6.07, 6.45) is 6.21. The Hall–Kier alpha value is -1.10. The van der Waals surface area contributed by atoms with Crippen molar-refractivity contribution in [3.05, 3.63) is 32.8 Å². The van der Waals surface area contributed by atoms with Gasteiger partial charge in [-0.05, 0) is 59.7 Å². The van der Waals surface area contributed by atoms with Gasteiger partial charge in [0.15, 0.2) is 0 Å². The van der Waals surface area contributed by atoms with Crippen molar-refractivity contribution in [2.24, 2.45) is 5.92 Å². The van der Waals surface area contributed by atoms with Crippen molar-refractivity contribution in [1.82, 2.24) is 0 Å². The summed E-state index contributed by atoms with van der Waals surface area (Å²) in [4.78, 5) is 10.4. The lowest BCUT2D eigenvalue weighted by Gasteiger charge is -2.29. The van der Waals surface area contributed by atoms with Gasteiger partial charge in [0.1, 0.15) is 0 Å². The first-order chi connectivity index (χ1) is 9.10. The van der Waals surface area contributed by atoms with E-state index in [-0.39, 0.29) is 10.6 Å². The molecule has 1 aliphatic rings. The van der Waals surface area contributed by atoms with Gasteiger partial charge in [-0.25, -0.2) is 0 Å². The lowest BCUT2D eigenvalue weighted by atomic mass is 9.84. The Labute approximate surface area is 121 Å². The maximum absolute atomic E-state index is 10.7. The van der Waals surface area contributed by atoms with Crippen LogP contribution in [0.2, 0.25) is 0 Å². The first-order valence-electron chi connectivity index (χ1n) is 6.80. The number of nitrogens with zero attached hydrogens (tertiary/aromatic N) is 1. The molecule has 0 aromatic heterocycles. The monoisotopic (exact) mass is 326 g/mol. The molecule has 0 unspecified atom stereocenters. The average molecular weight is 327 g/mol. The number of hydrogen-bond donors (Lipinski definition) is 1. The van der Waals surface area contributed by atoms with Crippen molar-refractivity contribution in [2.45, 2.75) is 45.1 Å². The van der Waals surface area contributed by atoms with Crippen LogP contribution in [0.4, 0.5) is 11.4 Å². The van der Waals surface area contributed by atoms with Gasteiger partial charge in [-0.1, -0.05) is 13.3 Å². The summed E-state index contributed by atoms with van der Waals surface area (Å²) in [6, 6.07) is 5.62. The van der Waals surface area contributed by atoms with E-state index in [2.05, 4.69) is 28.2 Å². The fraction of sp³-hybridized carbons (Fsp3) is 0.571. The van der Waals surface area contributed by atoms with E-state index in [1.807, 2.05) is 0 Å². The van der Waals surface area contributed by atoms with Crippen molar-refractivity contribution >= 4 is 27.3 Å². The summed E-state index contributed by atoms with van der Waals surface area (Å²) in [5.41, 5.74) is 1.07. The van der Waals surface area contributed by atoms with Gasteiger partial charge in [0.25, 0.3) is 5.69 Å². The molecule has 0 aliphatic heterocycles. The van der Waals surface area contributed by atoms with Gasteiger partial charge in [0, 0.05) is 17.8 Å². The van der Waals surface area contributed by atoms with Gasteiger partial charge in [0.05, 0.1) is 9.40 Å². The Morgan fingerprint density at radius 3 is 2.58 bits per heavy atom. The third-order valence-corrected chi connectivity index (χ3v) is 4.57. The molecule has 104 valence electrons. The Morgan fingerprint density at radius 1 is 1.37 bits per heavy atom. The fourth-order valence-electron chi connectivity index (χ4n) is 2.70. The minimum absolute atomic E-state index is 0.111. The molecule has 4 nitrogen and oxygen atoms in total. The highest BCUT2D eigenvalue weighted by Gasteiger charge is 2.20. The third kappa shape index (κ3) is 3.69. The van der Waals surface area contributed by atoms with Crippen LogP contribution in [0, 0.1) is 16.0 Å². The number of halogens is 1. The first kappa shape index (κ1) is 14.3. The highest BCUT2D eigenvalue weighted by Crippen LogP contribution is 2.31. The predicted molar refractivity (Wildman–Crippen MR) is 80.5 cm³/mol. The molecule has 0 atom stereocenters. The van der Waals surface area contributed by atoms with Crippen LogP contribution in [0.15, 0.2) is 22.7 Å². The number of benzene rings is 1. The number of nitrogens with one attached hydrogen (secondary N) is 1. The predicted octanol–water partition coefficient (Wildman–Crippen LogP) is 4.74. The van der Waals surface area contributed by atoms with Gasteiger partial charge in [0.2, 0.25) is 0 Å². The molecule has 1 aromatic rings. The van der Waals surface area contributed by atoms with E-state index in [0.29, 0.717) is 10.5 Å². The standard InChI is InChI=1S/C14H19BrN2O2/c1-2-10-3-5-11(6-4-10)16-12-7-8-14(17(18)19)13(15)9-12/h7-11,16H,2-6H2,1H3. The largest absolute Gasteiger partial charge is 0.382 e. The molecular weight excluding hydrogens is 308 g/mol. The quantitative estimate of drug-likeness (QED) is 0.642. The van der Waals surface area contributed by atoms with Crippen LogP contribution in [0.3, 0.4) is 0 Å². The van der Waals surface area contributed by atoms with Crippen molar-refractivity contribution in [3.8, 4) is 0 Å². The molecule has 1 aromatic carbocycles. The summed E-state index contributed by atoms with van der Waals surface area (Å²) in [5, 5.41) is 14.2. The van der Waals surface area contributed by atoms with E-state index in [1.54, 1.807) is 18.2 Å². The van der Waals surface area contributed by atoms with E-state index >= 15 is 0 Å². The lowest BCUT2D eigenvalue weighted by molar-refractivity contribution is -0.385. The van der Waals surface area contributed by atoms with E-state index in [9.17, 15) is 10.1 Å². The molecule has 0 spiro atoms. The lowest BCUT2D eigenvalue weighted by Crippen LogP contribution is -2.25. The maximum atomic E-state index is 10.7. The van der Waals surface area contributed by atoms with Crippen LogP contribution < -0.4 is 5.32 Å². The fourth-order valence-corrected chi connectivity index (χ4v) is 3.22. The molecule has 19 heavy (non-hydrogen) atoms. The minimum Gasteiger partial charge on any atom is -0.382 e. The van der Waals surface area contributed by atoms with Gasteiger partial charge in [-0.15, -0.1) is 0 Å². The third-order valence-electron chi connectivity index (χ3n) is 3.94. The molecule has 0 radical (unpaired) electrons. The zero-order chi connectivity index (χ0) is 13.8. The Morgan fingerprint density at radius 2 is 2.05 bits per heavy atom. The van der Waals surface area contributed by atoms with Gasteiger partial charge in [-0.2, -0.15) is 0 Å². The Bertz CT molecular complexity index is 457. The van der Waals surface area contributed by atoms with Crippen molar-refractivity contribution in [3.63, 3.8) is 0 Å². The highest BCUT2D eigenvalue weighted by molar-refractivity contribution is 9.10. The smallest absolute Gasteiger partial charge is 0.283 e. The normalized spacial score (nSPS) is 23.1. The van der Waals surface area contributed by atoms with Crippen molar-refractivity contribution in [2.75, 3.05) is 5.32 Å². The second-order valence-corrected chi connectivity index (χ2v) is 6.05. The average Bonchev–Trinajstić information content (AvgIpc) is 2.39. The summed E-state index contributed by atoms with van der Waals surface area (Å²) in [6.45, 7) is 2.26. The van der Waals surface area contributed by atoms with Gasteiger partial charge >= 0.3 is 0 Å². The van der Waals surface area contributed by atoms with E-state index < -0.39 is 0 Å². The second-order valence-electron chi connectivity index (χ2n) is 5.19. The van der Waals surface area contributed by atoms with Crippen molar-refractivity contribution in [1.29, 1.82) is 0 Å². The van der Waals surface area contributed by atoms with E-state index in [1.165, 1.54) is 32.1 Å². The molecule has 5 heteroatoms. The number of anilines is 1. The van der Waals surface area contributed by atoms with E-state index in [4.69, 9.17) is 0 Å². The molecular formula is C14H19BrN2O2. The number of nitro groups is 1. The molecule has 2 rings (SSSR count). The van der Waals surface area contributed by atoms with Gasteiger partial charge in [-0.3, -0.25) is 10.1 Å². The van der Waals surface area contributed by atoms with Crippen LogP contribution in [0.25, 0.3) is 0 Å². The molecule has 1 fully saturated rings. The SMILES string of the molecule is CCC1CCC(Nc2ccc([N+](=O)[O-])c(Br)c2)CC1. The molecule has 1 N–H and O–H groups in total.